The Bertz CT molecular complexity index is 419. The lowest BCUT2D eigenvalue weighted by Gasteiger charge is -1.72. The Labute approximate surface area is 63.5 Å². The standard InChI is InChI=1S/C6H2N2O2.B/c9-5-4-3(1-2-7-4)8-6(5)10;/h1-2H;. The molecule has 5 heteroatoms. The maximum absolute atomic E-state index is 10.8. The Kier molecular flexibility index (Phi) is 1.56. The van der Waals surface area contributed by atoms with Gasteiger partial charge in [0.1, 0.15) is 5.69 Å². The van der Waals surface area contributed by atoms with E-state index >= 15 is 0 Å². The first-order valence-corrected chi connectivity index (χ1v) is 2.71. The number of nitrogens with zero attached hydrogens (tertiary/aromatic N) is 2. The fourth-order valence-electron chi connectivity index (χ4n) is 0.854. The molecule has 0 bridgehead atoms. The van der Waals surface area contributed by atoms with Gasteiger partial charge in [-0.1, -0.05) is 0 Å². The van der Waals surface area contributed by atoms with E-state index in [0.29, 0.717) is 5.69 Å². The molecule has 0 aromatic rings. The molecule has 0 amide bonds. The number of rotatable bonds is 0. The van der Waals surface area contributed by atoms with Gasteiger partial charge in [0.25, 0.3) is 5.43 Å². The smallest absolute Gasteiger partial charge is 0.281 e. The molecule has 2 aliphatic heterocycles. The summed E-state index contributed by atoms with van der Waals surface area (Å²) >= 11 is 0. The van der Waals surface area contributed by atoms with E-state index in [9.17, 15) is 9.59 Å². The van der Waals surface area contributed by atoms with Crippen molar-refractivity contribution in [2.45, 2.75) is 0 Å². The van der Waals surface area contributed by atoms with Crippen molar-refractivity contribution in [3.8, 4) is 11.4 Å². The minimum absolute atomic E-state index is 0. The summed E-state index contributed by atoms with van der Waals surface area (Å²) < 4.78 is 0. The lowest BCUT2D eigenvalue weighted by atomic mass is 10.4. The molecule has 0 aliphatic carbocycles. The first-order valence-electron chi connectivity index (χ1n) is 2.71. The molecular weight excluding hydrogens is 143 g/mol. The van der Waals surface area contributed by atoms with Crippen LogP contribution in [0.2, 0.25) is 0 Å². The maximum Gasteiger partial charge on any atom is 0.320 e. The monoisotopic (exact) mass is 145 g/mol. The van der Waals surface area contributed by atoms with Crippen molar-refractivity contribution in [3.05, 3.63) is 32.8 Å². The molecule has 3 radical (unpaired) electrons. The van der Waals surface area contributed by atoms with Crippen LogP contribution in [0.4, 0.5) is 0 Å². The number of hydrogen-bond acceptors (Lipinski definition) is 4. The van der Waals surface area contributed by atoms with Crippen LogP contribution in [0, 0.1) is 0 Å². The Morgan fingerprint density at radius 1 is 1.27 bits per heavy atom. The van der Waals surface area contributed by atoms with Crippen molar-refractivity contribution in [1.29, 1.82) is 0 Å². The Balaban J connectivity index is 0.000000605. The molecule has 11 heavy (non-hydrogen) atoms. The van der Waals surface area contributed by atoms with Crippen LogP contribution in [-0.4, -0.2) is 18.4 Å². The van der Waals surface area contributed by atoms with E-state index in [-0.39, 0.29) is 14.1 Å². The summed E-state index contributed by atoms with van der Waals surface area (Å²) in [6.45, 7) is 0. The molecule has 2 aliphatic rings. The average molecular weight is 145 g/mol. The molecule has 2 heterocycles. The third-order valence-electron chi connectivity index (χ3n) is 1.31. The van der Waals surface area contributed by atoms with E-state index in [1.54, 1.807) is 0 Å². The van der Waals surface area contributed by atoms with Crippen LogP contribution in [0.1, 0.15) is 0 Å². The molecule has 0 saturated carbocycles. The van der Waals surface area contributed by atoms with Crippen LogP contribution < -0.4 is 11.0 Å². The summed E-state index contributed by atoms with van der Waals surface area (Å²) in [6, 6.07) is 1.54. The first kappa shape index (κ1) is 7.59. The van der Waals surface area contributed by atoms with Gasteiger partial charge in [-0.25, -0.2) is 4.98 Å². The van der Waals surface area contributed by atoms with Crippen LogP contribution in [0.3, 0.4) is 0 Å². The molecule has 0 aromatic heterocycles. The van der Waals surface area contributed by atoms with E-state index in [4.69, 9.17) is 0 Å². The van der Waals surface area contributed by atoms with Gasteiger partial charge in [-0.2, -0.15) is 0 Å². The third-order valence-corrected chi connectivity index (χ3v) is 1.31. The van der Waals surface area contributed by atoms with E-state index in [2.05, 4.69) is 9.97 Å². The second kappa shape index (κ2) is 2.27. The fourth-order valence-corrected chi connectivity index (χ4v) is 0.854. The molecule has 0 fully saturated rings. The van der Waals surface area contributed by atoms with Crippen molar-refractivity contribution in [1.82, 2.24) is 9.97 Å². The largest absolute Gasteiger partial charge is 0.320 e. The van der Waals surface area contributed by atoms with Crippen molar-refractivity contribution in [2.75, 3.05) is 0 Å². The van der Waals surface area contributed by atoms with Crippen LogP contribution in [0.15, 0.2) is 21.9 Å². The molecule has 0 atom stereocenters. The second-order valence-electron chi connectivity index (χ2n) is 1.92. The summed E-state index contributed by atoms with van der Waals surface area (Å²) in [4.78, 5) is 28.4. The predicted octanol–water partition coefficient (Wildman–Crippen LogP) is -1.20. The Hall–Kier alpha value is -1.52. The highest BCUT2D eigenvalue weighted by molar-refractivity contribution is 5.75. The zero-order valence-electron chi connectivity index (χ0n) is 5.44. The van der Waals surface area contributed by atoms with Gasteiger partial charge in [0.2, 0.25) is 0 Å². The highest BCUT2D eigenvalue weighted by Crippen LogP contribution is 2.08. The Morgan fingerprint density at radius 2 is 2.00 bits per heavy atom. The summed E-state index contributed by atoms with van der Waals surface area (Å²) in [5, 5.41) is 0. The number of hydrogen-bond donors (Lipinski definition) is 0. The summed E-state index contributed by atoms with van der Waals surface area (Å²) in [7, 11) is 0. The molecular formula is C6H2BN2O2. The topological polar surface area (TPSA) is 59.9 Å². The normalized spacial score (nSPS) is 9.82. The van der Waals surface area contributed by atoms with E-state index < -0.39 is 11.0 Å². The van der Waals surface area contributed by atoms with Crippen molar-refractivity contribution in [2.24, 2.45) is 0 Å². The quantitative estimate of drug-likeness (QED) is 0.345. The van der Waals surface area contributed by atoms with Gasteiger partial charge in [-0.3, -0.25) is 14.6 Å². The zero-order valence-corrected chi connectivity index (χ0v) is 5.44. The number of aromatic nitrogens is 2. The van der Waals surface area contributed by atoms with Gasteiger partial charge in [0.15, 0.2) is 0 Å². The van der Waals surface area contributed by atoms with Crippen LogP contribution in [0.25, 0.3) is 11.4 Å². The maximum atomic E-state index is 10.8. The fraction of sp³-hybridized carbons (Fsp3) is 0. The Morgan fingerprint density at radius 3 is 2.64 bits per heavy atom. The van der Waals surface area contributed by atoms with Crippen molar-refractivity contribution in [3.63, 3.8) is 0 Å². The summed E-state index contributed by atoms with van der Waals surface area (Å²) in [5.41, 5.74) is -0.724. The van der Waals surface area contributed by atoms with Gasteiger partial charge < -0.3 is 0 Å². The molecule has 51 valence electrons. The van der Waals surface area contributed by atoms with Gasteiger partial charge in [0, 0.05) is 14.6 Å². The van der Waals surface area contributed by atoms with E-state index in [0.717, 1.165) is 0 Å². The highest BCUT2D eigenvalue weighted by Gasteiger charge is 2.14. The predicted molar refractivity (Wildman–Crippen MR) is 39.3 cm³/mol. The lowest BCUT2D eigenvalue weighted by Crippen LogP contribution is -2.19. The van der Waals surface area contributed by atoms with Crippen LogP contribution in [0.5, 0.6) is 0 Å². The van der Waals surface area contributed by atoms with Crippen LogP contribution >= 0.6 is 0 Å². The molecule has 4 nitrogen and oxygen atoms in total. The van der Waals surface area contributed by atoms with E-state index in [1.165, 1.54) is 12.3 Å². The zero-order chi connectivity index (χ0) is 7.14. The average Bonchev–Trinajstić information content (AvgIpc) is 2.41. The van der Waals surface area contributed by atoms with E-state index in [1.807, 2.05) is 0 Å². The number of fused-ring (bicyclic) bond motifs is 1. The molecule has 0 saturated heterocycles. The molecule has 2 rings (SSSR count). The molecule has 0 aromatic carbocycles. The van der Waals surface area contributed by atoms with Gasteiger partial charge in [-0.05, 0) is 6.07 Å². The first-order chi connectivity index (χ1) is 4.79. The SMILES string of the molecule is O=c1nc2ccnc-2c1=O.[B]. The minimum atomic E-state index is -0.710. The molecule has 0 unspecified atom stereocenters. The van der Waals surface area contributed by atoms with Crippen molar-refractivity contribution < 1.29 is 0 Å². The third kappa shape index (κ3) is 0.850. The highest BCUT2D eigenvalue weighted by atomic mass is 16.2. The lowest BCUT2D eigenvalue weighted by molar-refractivity contribution is 1.30. The molecule has 0 N–H and O–H groups in total. The van der Waals surface area contributed by atoms with Crippen LogP contribution in [-0.2, 0) is 0 Å². The summed E-state index contributed by atoms with van der Waals surface area (Å²) in [6.07, 6.45) is 1.46. The van der Waals surface area contributed by atoms with Crippen molar-refractivity contribution >= 4 is 8.41 Å². The molecule has 0 spiro atoms. The minimum Gasteiger partial charge on any atom is -0.281 e. The van der Waals surface area contributed by atoms with Gasteiger partial charge >= 0.3 is 5.56 Å². The summed E-state index contributed by atoms with van der Waals surface area (Å²) in [5.74, 6) is 0. The second-order valence-corrected chi connectivity index (χ2v) is 1.92. The van der Waals surface area contributed by atoms with Gasteiger partial charge in [0.05, 0.1) is 5.69 Å². The van der Waals surface area contributed by atoms with Gasteiger partial charge in [-0.15, -0.1) is 0 Å².